The molecule has 1 aliphatic heterocycles. The second kappa shape index (κ2) is 5.25. The third kappa shape index (κ3) is 2.40. The van der Waals surface area contributed by atoms with Crippen molar-refractivity contribution in [1.82, 2.24) is 9.88 Å². The van der Waals surface area contributed by atoms with Crippen LogP contribution < -0.4 is 0 Å². The summed E-state index contributed by atoms with van der Waals surface area (Å²) in [6, 6.07) is 3.13. The summed E-state index contributed by atoms with van der Waals surface area (Å²) in [4.78, 5) is 29.7. The van der Waals surface area contributed by atoms with Crippen LogP contribution in [0.15, 0.2) is 29.8 Å². The van der Waals surface area contributed by atoms with E-state index in [-0.39, 0.29) is 5.56 Å². The first kappa shape index (κ1) is 13.7. The van der Waals surface area contributed by atoms with Crippen LogP contribution in [-0.4, -0.2) is 33.4 Å². The van der Waals surface area contributed by atoms with Gasteiger partial charge >= 0.3 is 5.97 Å². The predicted octanol–water partition coefficient (Wildman–Crippen LogP) is 2.11. The summed E-state index contributed by atoms with van der Waals surface area (Å²) < 4.78 is 12.8. The number of thiophene rings is 1. The summed E-state index contributed by atoms with van der Waals surface area (Å²) >= 11 is 1.49. The maximum absolute atomic E-state index is 12.8. The highest BCUT2D eigenvalue weighted by atomic mass is 32.1. The summed E-state index contributed by atoms with van der Waals surface area (Å²) in [6.45, 7) is 0.320. The molecule has 0 bridgehead atoms. The van der Waals surface area contributed by atoms with Gasteiger partial charge in [0.1, 0.15) is 0 Å². The van der Waals surface area contributed by atoms with Gasteiger partial charge in [-0.05, 0) is 35.6 Å². The van der Waals surface area contributed by atoms with E-state index in [1.54, 1.807) is 6.07 Å². The molecule has 0 fully saturated rings. The first-order valence-electron chi connectivity index (χ1n) is 6.29. The molecular weight excluding hydrogens is 295 g/mol. The van der Waals surface area contributed by atoms with E-state index in [1.165, 1.54) is 22.3 Å². The zero-order chi connectivity index (χ0) is 15.0. The van der Waals surface area contributed by atoms with Gasteiger partial charge in [-0.1, -0.05) is 0 Å². The van der Waals surface area contributed by atoms with E-state index in [0.29, 0.717) is 18.5 Å². The summed E-state index contributed by atoms with van der Waals surface area (Å²) in [6.07, 6.45) is 1.75. The summed E-state index contributed by atoms with van der Waals surface area (Å²) in [5.41, 5.74) is 0.837. The number of halogens is 1. The number of hydrogen-bond donors (Lipinski definition) is 1. The van der Waals surface area contributed by atoms with E-state index in [4.69, 9.17) is 0 Å². The number of aromatic nitrogens is 1. The monoisotopic (exact) mass is 306 g/mol. The van der Waals surface area contributed by atoms with Gasteiger partial charge in [-0.15, -0.1) is 11.3 Å². The molecule has 1 N–H and O–H groups in total. The minimum absolute atomic E-state index is 0.182. The number of fused-ring (bicyclic) bond motifs is 1. The standard InChI is InChI=1S/C14H11FN2O3S/c15-11-2-1-8(7-16-11)13(18)17-5-3-10-9(4-6-21-10)12(17)14(19)20/h1-2,4,6-7,12H,3,5H2,(H,19,20). The molecule has 5 nitrogen and oxygen atoms in total. The lowest BCUT2D eigenvalue weighted by Gasteiger charge is -2.33. The van der Waals surface area contributed by atoms with E-state index >= 15 is 0 Å². The second-order valence-corrected chi connectivity index (χ2v) is 5.66. The fraction of sp³-hybridized carbons (Fsp3) is 0.214. The zero-order valence-electron chi connectivity index (χ0n) is 10.8. The van der Waals surface area contributed by atoms with Crippen molar-refractivity contribution in [2.24, 2.45) is 0 Å². The molecule has 0 saturated carbocycles. The first-order valence-corrected chi connectivity index (χ1v) is 7.17. The third-order valence-electron chi connectivity index (χ3n) is 3.44. The van der Waals surface area contributed by atoms with Crippen molar-refractivity contribution >= 4 is 23.2 Å². The molecule has 1 aliphatic rings. The number of rotatable bonds is 2. The molecular formula is C14H11FN2O3S. The summed E-state index contributed by atoms with van der Waals surface area (Å²) in [5.74, 6) is -2.20. The Morgan fingerprint density at radius 3 is 2.86 bits per heavy atom. The average molecular weight is 306 g/mol. The Hall–Kier alpha value is -2.28. The van der Waals surface area contributed by atoms with Crippen LogP contribution in [0, 0.1) is 5.95 Å². The molecule has 7 heteroatoms. The maximum atomic E-state index is 12.8. The topological polar surface area (TPSA) is 70.5 Å². The minimum Gasteiger partial charge on any atom is -0.479 e. The van der Waals surface area contributed by atoms with Gasteiger partial charge in [0.15, 0.2) is 6.04 Å². The van der Waals surface area contributed by atoms with Crippen molar-refractivity contribution < 1.29 is 19.1 Å². The molecule has 1 atom stereocenters. The zero-order valence-corrected chi connectivity index (χ0v) is 11.6. The van der Waals surface area contributed by atoms with E-state index in [2.05, 4.69) is 4.98 Å². The van der Waals surface area contributed by atoms with Gasteiger partial charge in [0.05, 0.1) is 5.56 Å². The molecule has 1 amide bonds. The first-order chi connectivity index (χ1) is 10.1. The fourth-order valence-electron chi connectivity index (χ4n) is 2.47. The third-order valence-corrected chi connectivity index (χ3v) is 4.43. The molecule has 0 spiro atoms. The van der Waals surface area contributed by atoms with Crippen LogP contribution in [0.5, 0.6) is 0 Å². The van der Waals surface area contributed by atoms with Crippen LogP contribution in [-0.2, 0) is 11.2 Å². The Labute approximate surface area is 123 Å². The Morgan fingerprint density at radius 2 is 2.19 bits per heavy atom. The van der Waals surface area contributed by atoms with Crippen LogP contribution in [0.4, 0.5) is 4.39 Å². The number of carbonyl (C=O) groups is 2. The van der Waals surface area contributed by atoms with Crippen molar-refractivity contribution in [3.63, 3.8) is 0 Å². The van der Waals surface area contributed by atoms with Gasteiger partial charge in [0, 0.05) is 17.6 Å². The number of amides is 1. The van der Waals surface area contributed by atoms with Crippen molar-refractivity contribution in [2.45, 2.75) is 12.5 Å². The molecule has 3 rings (SSSR count). The molecule has 21 heavy (non-hydrogen) atoms. The smallest absolute Gasteiger partial charge is 0.331 e. The number of hydrogen-bond acceptors (Lipinski definition) is 4. The molecule has 3 heterocycles. The molecule has 2 aromatic heterocycles. The van der Waals surface area contributed by atoms with Gasteiger partial charge in [0.2, 0.25) is 5.95 Å². The van der Waals surface area contributed by atoms with Crippen LogP contribution in [0.3, 0.4) is 0 Å². The number of pyridine rings is 1. The van der Waals surface area contributed by atoms with Gasteiger partial charge < -0.3 is 10.0 Å². The number of carboxylic acid groups (broad SMARTS) is 1. The lowest BCUT2D eigenvalue weighted by Crippen LogP contribution is -2.43. The van der Waals surface area contributed by atoms with Crippen molar-refractivity contribution in [2.75, 3.05) is 6.54 Å². The fourth-order valence-corrected chi connectivity index (χ4v) is 3.37. The summed E-state index contributed by atoms with van der Waals surface area (Å²) in [7, 11) is 0. The second-order valence-electron chi connectivity index (χ2n) is 4.66. The number of carboxylic acids is 1. The molecule has 0 aromatic carbocycles. The number of aliphatic carboxylic acids is 1. The molecule has 2 aromatic rings. The van der Waals surface area contributed by atoms with E-state index in [1.807, 2.05) is 5.38 Å². The highest BCUT2D eigenvalue weighted by Gasteiger charge is 2.36. The van der Waals surface area contributed by atoms with Gasteiger partial charge in [-0.25, -0.2) is 9.78 Å². The highest BCUT2D eigenvalue weighted by Crippen LogP contribution is 2.34. The quantitative estimate of drug-likeness (QED) is 0.863. The van der Waals surface area contributed by atoms with Crippen LogP contribution in [0.1, 0.15) is 26.8 Å². The van der Waals surface area contributed by atoms with E-state index in [0.717, 1.165) is 17.1 Å². The van der Waals surface area contributed by atoms with E-state index in [9.17, 15) is 19.1 Å². The normalized spacial score (nSPS) is 17.4. The molecule has 0 aliphatic carbocycles. The lowest BCUT2D eigenvalue weighted by molar-refractivity contribution is -0.142. The average Bonchev–Trinajstić information content (AvgIpc) is 2.94. The number of nitrogens with zero attached hydrogens (tertiary/aromatic N) is 2. The van der Waals surface area contributed by atoms with Crippen LogP contribution >= 0.6 is 11.3 Å². The SMILES string of the molecule is O=C(O)C1c2ccsc2CCN1C(=O)c1ccc(F)nc1. The lowest BCUT2D eigenvalue weighted by atomic mass is 9.99. The maximum Gasteiger partial charge on any atom is 0.331 e. The molecule has 0 saturated heterocycles. The Bertz CT molecular complexity index is 698. The van der Waals surface area contributed by atoms with Gasteiger partial charge in [-0.2, -0.15) is 4.39 Å². The van der Waals surface area contributed by atoms with Crippen molar-refractivity contribution in [3.8, 4) is 0 Å². The Kier molecular flexibility index (Phi) is 3.42. The largest absolute Gasteiger partial charge is 0.479 e. The van der Waals surface area contributed by atoms with Crippen LogP contribution in [0.2, 0.25) is 0 Å². The summed E-state index contributed by atoms with van der Waals surface area (Å²) in [5, 5.41) is 11.3. The number of carbonyl (C=O) groups excluding carboxylic acids is 1. The molecule has 108 valence electrons. The van der Waals surface area contributed by atoms with Gasteiger partial charge in [0.25, 0.3) is 5.91 Å². The van der Waals surface area contributed by atoms with Crippen molar-refractivity contribution in [3.05, 3.63) is 51.7 Å². The Balaban J connectivity index is 1.96. The van der Waals surface area contributed by atoms with E-state index < -0.39 is 23.9 Å². The van der Waals surface area contributed by atoms with Crippen molar-refractivity contribution in [1.29, 1.82) is 0 Å². The van der Waals surface area contributed by atoms with Gasteiger partial charge in [-0.3, -0.25) is 4.79 Å². The predicted molar refractivity (Wildman–Crippen MR) is 73.6 cm³/mol. The van der Waals surface area contributed by atoms with Crippen LogP contribution in [0.25, 0.3) is 0 Å². The minimum atomic E-state index is -1.07. The molecule has 1 unspecified atom stereocenters. The highest BCUT2D eigenvalue weighted by molar-refractivity contribution is 7.10. The Morgan fingerprint density at radius 1 is 1.38 bits per heavy atom. The molecule has 0 radical (unpaired) electrons.